The van der Waals surface area contributed by atoms with E-state index in [1.165, 1.54) is 0 Å². The highest BCUT2D eigenvalue weighted by atomic mass is 16.5. The SMILES string of the molecule is CC(C)OCC(=O)CC(N)C(C)C. The number of ketones is 1. The standard InChI is InChI=1S/C10H21NO2/c1-7(2)10(11)5-9(12)6-13-8(3)4/h7-8,10H,5-6,11H2,1-4H3. The van der Waals surface area contributed by atoms with E-state index in [9.17, 15) is 4.79 Å². The molecule has 3 heteroatoms. The maximum absolute atomic E-state index is 11.3. The van der Waals surface area contributed by atoms with Crippen molar-refractivity contribution in [3.63, 3.8) is 0 Å². The summed E-state index contributed by atoms with van der Waals surface area (Å²) in [6.45, 7) is 8.05. The third-order valence-corrected chi connectivity index (χ3v) is 1.90. The van der Waals surface area contributed by atoms with Crippen molar-refractivity contribution in [3.05, 3.63) is 0 Å². The van der Waals surface area contributed by atoms with Crippen LogP contribution in [0.25, 0.3) is 0 Å². The molecule has 0 aromatic heterocycles. The van der Waals surface area contributed by atoms with E-state index in [0.717, 1.165) is 0 Å². The predicted molar refractivity (Wildman–Crippen MR) is 53.5 cm³/mol. The maximum Gasteiger partial charge on any atom is 0.160 e. The summed E-state index contributed by atoms with van der Waals surface area (Å²) in [5.41, 5.74) is 5.75. The summed E-state index contributed by atoms with van der Waals surface area (Å²) in [5, 5.41) is 0. The number of Topliss-reactive ketones (excluding diaryl/α,β-unsaturated/α-hetero) is 1. The molecule has 0 aliphatic heterocycles. The van der Waals surface area contributed by atoms with Crippen LogP contribution >= 0.6 is 0 Å². The van der Waals surface area contributed by atoms with Gasteiger partial charge in [-0.25, -0.2) is 0 Å². The van der Waals surface area contributed by atoms with Gasteiger partial charge in [0.15, 0.2) is 5.78 Å². The van der Waals surface area contributed by atoms with Gasteiger partial charge in [0.1, 0.15) is 6.61 Å². The van der Waals surface area contributed by atoms with Crippen LogP contribution in [-0.2, 0) is 9.53 Å². The summed E-state index contributed by atoms with van der Waals surface area (Å²) in [4.78, 5) is 11.3. The lowest BCUT2D eigenvalue weighted by atomic mass is 10.0. The lowest BCUT2D eigenvalue weighted by Gasteiger charge is -2.14. The van der Waals surface area contributed by atoms with Crippen LogP contribution in [-0.4, -0.2) is 24.5 Å². The number of carbonyl (C=O) groups excluding carboxylic acids is 1. The minimum atomic E-state index is -0.0386. The molecular weight excluding hydrogens is 166 g/mol. The van der Waals surface area contributed by atoms with Crippen LogP contribution in [0.15, 0.2) is 0 Å². The molecule has 1 atom stereocenters. The molecule has 0 aromatic rings. The van der Waals surface area contributed by atoms with Gasteiger partial charge in [0.25, 0.3) is 0 Å². The van der Waals surface area contributed by atoms with Crippen molar-refractivity contribution in [1.29, 1.82) is 0 Å². The van der Waals surface area contributed by atoms with Crippen molar-refractivity contribution in [2.24, 2.45) is 11.7 Å². The number of carbonyl (C=O) groups is 1. The van der Waals surface area contributed by atoms with E-state index in [2.05, 4.69) is 0 Å². The van der Waals surface area contributed by atoms with Crippen LogP contribution in [0.1, 0.15) is 34.1 Å². The smallest absolute Gasteiger partial charge is 0.160 e. The Balaban J connectivity index is 3.62. The summed E-state index contributed by atoms with van der Waals surface area (Å²) in [7, 11) is 0. The Bertz CT molecular complexity index is 155. The summed E-state index contributed by atoms with van der Waals surface area (Å²) < 4.78 is 5.18. The fourth-order valence-corrected chi connectivity index (χ4v) is 0.817. The minimum absolute atomic E-state index is 0.0386. The van der Waals surface area contributed by atoms with Gasteiger partial charge in [-0.1, -0.05) is 13.8 Å². The van der Waals surface area contributed by atoms with Crippen molar-refractivity contribution >= 4 is 5.78 Å². The van der Waals surface area contributed by atoms with Crippen molar-refractivity contribution in [3.8, 4) is 0 Å². The van der Waals surface area contributed by atoms with E-state index in [4.69, 9.17) is 10.5 Å². The van der Waals surface area contributed by atoms with Crippen molar-refractivity contribution < 1.29 is 9.53 Å². The fourth-order valence-electron chi connectivity index (χ4n) is 0.817. The zero-order chi connectivity index (χ0) is 10.4. The van der Waals surface area contributed by atoms with E-state index in [1.54, 1.807) is 0 Å². The lowest BCUT2D eigenvalue weighted by Crippen LogP contribution is -2.30. The molecule has 13 heavy (non-hydrogen) atoms. The van der Waals surface area contributed by atoms with Crippen LogP contribution in [0, 0.1) is 5.92 Å². The molecule has 0 amide bonds. The number of nitrogens with two attached hydrogens (primary N) is 1. The van der Waals surface area contributed by atoms with E-state index >= 15 is 0 Å². The molecular formula is C10H21NO2. The number of ether oxygens (including phenoxy) is 1. The first kappa shape index (κ1) is 12.6. The first-order chi connectivity index (χ1) is 5.93. The van der Waals surface area contributed by atoms with Gasteiger partial charge in [-0.05, 0) is 19.8 Å². The molecule has 0 spiro atoms. The van der Waals surface area contributed by atoms with E-state index in [0.29, 0.717) is 12.3 Å². The number of hydrogen-bond donors (Lipinski definition) is 1. The topological polar surface area (TPSA) is 52.3 Å². The van der Waals surface area contributed by atoms with Crippen LogP contribution in [0.5, 0.6) is 0 Å². The van der Waals surface area contributed by atoms with Crippen LogP contribution in [0.3, 0.4) is 0 Å². The molecule has 0 heterocycles. The Morgan fingerprint density at radius 3 is 2.23 bits per heavy atom. The summed E-state index contributed by atoms with van der Waals surface area (Å²) >= 11 is 0. The Morgan fingerprint density at radius 1 is 1.31 bits per heavy atom. The second-order valence-corrected chi connectivity index (χ2v) is 4.01. The normalized spacial score (nSPS) is 13.8. The van der Waals surface area contributed by atoms with E-state index in [1.807, 2.05) is 27.7 Å². The van der Waals surface area contributed by atoms with Crippen molar-refractivity contribution in [2.45, 2.75) is 46.3 Å². The van der Waals surface area contributed by atoms with Gasteiger partial charge in [0.2, 0.25) is 0 Å². The molecule has 2 N–H and O–H groups in total. The fraction of sp³-hybridized carbons (Fsp3) is 0.900. The van der Waals surface area contributed by atoms with Gasteiger partial charge in [-0.2, -0.15) is 0 Å². The molecule has 0 rings (SSSR count). The quantitative estimate of drug-likeness (QED) is 0.683. The van der Waals surface area contributed by atoms with Crippen LogP contribution in [0.2, 0.25) is 0 Å². The molecule has 0 aromatic carbocycles. The van der Waals surface area contributed by atoms with Gasteiger partial charge in [-0.3, -0.25) is 4.79 Å². The molecule has 1 unspecified atom stereocenters. The van der Waals surface area contributed by atoms with Gasteiger partial charge in [0, 0.05) is 12.5 Å². The Hall–Kier alpha value is -0.410. The first-order valence-corrected chi connectivity index (χ1v) is 4.82. The zero-order valence-electron chi connectivity index (χ0n) is 9.04. The molecule has 0 aliphatic rings. The summed E-state index contributed by atoms with van der Waals surface area (Å²) in [6, 6.07) is -0.0386. The average Bonchev–Trinajstić information content (AvgIpc) is 2.00. The minimum Gasteiger partial charge on any atom is -0.371 e. The lowest BCUT2D eigenvalue weighted by molar-refractivity contribution is -0.125. The Labute approximate surface area is 80.6 Å². The highest BCUT2D eigenvalue weighted by Crippen LogP contribution is 2.03. The largest absolute Gasteiger partial charge is 0.371 e. The third kappa shape index (κ3) is 6.72. The second-order valence-electron chi connectivity index (χ2n) is 4.01. The third-order valence-electron chi connectivity index (χ3n) is 1.90. The highest BCUT2D eigenvalue weighted by molar-refractivity contribution is 5.80. The molecule has 0 saturated heterocycles. The summed E-state index contributed by atoms with van der Waals surface area (Å²) in [5.74, 6) is 0.442. The zero-order valence-corrected chi connectivity index (χ0v) is 9.04. The van der Waals surface area contributed by atoms with Gasteiger partial charge >= 0.3 is 0 Å². The van der Waals surface area contributed by atoms with Crippen LogP contribution in [0.4, 0.5) is 0 Å². The molecule has 0 fully saturated rings. The number of rotatable bonds is 6. The monoisotopic (exact) mass is 187 g/mol. The number of hydrogen-bond acceptors (Lipinski definition) is 3. The maximum atomic E-state index is 11.3. The Morgan fingerprint density at radius 2 is 1.85 bits per heavy atom. The van der Waals surface area contributed by atoms with Crippen molar-refractivity contribution in [2.75, 3.05) is 6.61 Å². The summed E-state index contributed by atoms with van der Waals surface area (Å²) in [6.07, 6.45) is 0.531. The molecule has 0 bridgehead atoms. The second kappa shape index (κ2) is 6.11. The molecule has 0 aliphatic carbocycles. The highest BCUT2D eigenvalue weighted by Gasteiger charge is 2.13. The van der Waals surface area contributed by atoms with E-state index < -0.39 is 0 Å². The Kier molecular flexibility index (Phi) is 5.91. The van der Waals surface area contributed by atoms with Crippen LogP contribution < -0.4 is 5.73 Å². The molecule has 0 radical (unpaired) electrons. The molecule has 0 saturated carbocycles. The average molecular weight is 187 g/mol. The van der Waals surface area contributed by atoms with Gasteiger partial charge in [0.05, 0.1) is 6.10 Å². The van der Waals surface area contributed by atoms with Gasteiger partial charge < -0.3 is 10.5 Å². The van der Waals surface area contributed by atoms with Gasteiger partial charge in [-0.15, -0.1) is 0 Å². The predicted octanol–water partition coefficient (Wildman–Crippen LogP) is 1.35. The molecule has 78 valence electrons. The first-order valence-electron chi connectivity index (χ1n) is 4.82. The molecule has 3 nitrogen and oxygen atoms in total. The van der Waals surface area contributed by atoms with E-state index in [-0.39, 0.29) is 24.5 Å². The van der Waals surface area contributed by atoms with Crippen molar-refractivity contribution in [1.82, 2.24) is 0 Å².